The third-order valence-electron chi connectivity index (χ3n) is 5.17. The van der Waals surface area contributed by atoms with E-state index in [9.17, 15) is 4.79 Å². The molecule has 2 aromatic rings. The number of fused-ring (bicyclic) bond motifs is 1. The molecular formula is C19H23N5O2. The van der Waals surface area contributed by atoms with Crippen molar-refractivity contribution in [3.63, 3.8) is 0 Å². The Labute approximate surface area is 153 Å². The number of piperidine rings is 1. The van der Waals surface area contributed by atoms with E-state index in [4.69, 9.17) is 4.74 Å². The third-order valence-corrected chi connectivity index (χ3v) is 5.17. The van der Waals surface area contributed by atoms with Crippen LogP contribution in [-0.2, 0) is 16.1 Å². The fourth-order valence-corrected chi connectivity index (χ4v) is 3.92. The second kappa shape index (κ2) is 7.37. The third kappa shape index (κ3) is 3.39. The van der Waals surface area contributed by atoms with E-state index in [1.165, 1.54) is 0 Å². The van der Waals surface area contributed by atoms with E-state index >= 15 is 0 Å². The number of carbonyl (C=O) groups is 1. The van der Waals surface area contributed by atoms with E-state index in [0.29, 0.717) is 19.0 Å². The minimum atomic E-state index is -0.133. The van der Waals surface area contributed by atoms with Crippen LogP contribution in [0.2, 0.25) is 0 Å². The van der Waals surface area contributed by atoms with Gasteiger partial charge in [0.1, 0.15) is 0 Å². The zero-order valence-electron chi connectivity index (χ0n) is 14.9. The number of anilines is 1. The Kier molecular flexibility index (Phi) is 4.79. The van der Waals surface area contributed by atoms with Crippen LogP contribution in [0.1, 0.15) is 18.5 Å². The van der Waals surface area contributed by atoms with E-state index < -0.39 is 0 Å². The van der Waals surface area contributed by atoms with Gasteiger partial charge in [-0.15, -0.1) is 0 Å². The molecular weight excluding hydrogens is 330 g/mol. The molecule has 1 amide bonds. The molecule has 0 radical (unpaired) electrons. The van der Waals surface area contributed by atoms with Crippen molar-refractivity contribution in [2.45, 2.75) is 31.5 Å². The van der Waals surface area contributed by atoms with Crippen molar-refractivity contribution < 1.29 is 9.53 Å². The predicted octanol–water partition coefficient (Wildman–Crippen LogP) is 1.51. The first-order valence-corrected chi connectivity index (χ1v) is 9.02. The summed E-state index contributed by atoms with van der Waals surface area (Å²) in [6, 6.07) is 7.81. The zero-order chi connectivity index (χ0) is 17.9. The van der Waals surface area contributed by atoms with Gasteiger partial charge in [0.25, 0.3) is 0 Å². The molecule has 2 aliphatic heterocycles. The first-order valence-electron chi connectivity index (χ1n) is 9.02. The highest BCUT2D eigenvalue weighted by molar-refractivity contribution is 5.79. The summed E-state index contributed by atoms with van der Waals surface area (Å²) in [5, 5.41) is 0. The lowest BCUT2D eigenvalue weighted by molar-refractivity contribution is -0.136. The van der Waals surface area contributed by atoms with Crippen molar-refractivity contribution in [3.05, 3.63) is 48.5 Å². The molecule has 0 bridgehead atoms. The van der Waals surface area contributed by atoms with Crippen LogP contribution < -0.4 is 4.90 Å². The van der Waals surface area contributed by atoms with Crippen molar-refractivity contribution in [1.29, 1.82) is 0 Å². The van der Waals surface area contributed by atoms with E-state index in [1.54, 1.807) is 29.6 Å². The number of pyridine rings is 1. The average Bonchev–Trinajstić information content (AvgIpc) is 3.16. The van der Waals surface area contributed by atoms with Crippen LogP contribution in [0.25, 0.3) is 0 Å². The van der Waals surface area contributed by atoms with Gasteiger partial charge in [-0.25, -0.2) is 9.97 Å². The number of hydrogen-bond donors (Lipinski definition) is 0. The highest BCUT2D eigenvalue weighted by atomic mass is 16.5. The van der Waals surface area contributed by atoms with Gasteiger partial charge in [0.05, 0.1) is 30.3 Å². The standard InChI is InChI=1S/C19H23N5O2/c1-23(13-15-5-2-3-7-20-15)18(25)14-11-17-16(6-10-26-17)24(12-14)19-21-8-4-9-22-19/h2-5,7-9,14,16-17H,6,10-13H2,1H3/t14-,16-,17-/m0/s1. The molecule has 7 heteroatoms. The molecule has 26 heavy (non-hydrogen) atoms. The number of carbonyl (C=O) groups excluding carboxylic acids is 1. The second-order valence-corrected chi connectivity index (χ2v) is 6.91. The molecule has 2 aliphatic rings. The van der Waals surface area contributed by atoms with Gasteiger partial charge in [-0.3, -0.25) is 9.78 Å². The van der Waals surface area contributed by atoms with Crippen molar-refractivity contribution >= 4 is 11.9 Å². The second-order valence-electron chi connectivity index (χ2n) is 6.91. The Balaban J connectivity index is 1.50. The summed E-state index contributed by atoms with van der Waals surface area (Å²) in [6.45, 7) is 1.86. The number of amides is 1. The van der Waals surface area contributed by atoms with Gasteiger partial charge in [0, 0.05) is 38.8 Å². The highest BCUT2D eigenvalue weighted by Crippen LogP contribution is 2.33. The molecule has 0 N–H and O–H groups in total. The van der Waals surface area contributed by atoms with Crippen LogP contribution in [0.4, 0.5) is 5.95 Å². The summed E-state index contributed by atoms with van der Waals surface area (Å²) in [6.07, 6.45) is 6.99. The molecule has 0 aromatic carbocycles. The topological polar surface area (TPSA) is 71.5 Å². The van der Waals surface area contributed by atoms with E-state index in [2.05, 4.69) is 19.9 Å². The molecule has 0 saturated carbocycles. The van der Waals surface area contributed by atoms with Crippen LogP contribution in [-0.4, -0.2) is 58.1 Å². The van der Waals surface area contributed by atoms with Crippen molar-refractivity contribution in [2.75, 3.05) is 25.1 Å². The SMILES string of the molecule is CN(Cc1ccccn1)C(=O)[C@H]1C[C@@H]2OCC[C@@H]2N(c2ncccn2)C1. The lowest BCUT2D eigenvalue weighted by Crippen LogP contribution is -2.53. The number of rotatable bonds is 4. The lowest BCUT2D eigenvalue weighted by Gasteiger charge is -2.41. The van der Waals surface area contributed by atoms with Gasteiger partial charge in [0.2, 0.25) is 11.9 Å². The molecule has 0 spiro atoms. The minimum absolute atomic E-state index is 0.0600. The fourth-order valence-electron chi connectivity index (χ4n) is 3.92. The van der Waals surface area contributed by atoms with Crippen molar-refractivity contribution in [2.24, 2.45) is 5.92 Å². The average molecular weight is 353 g/mol. The van der Waals surface area contributed by atoms with Gasteiger partial charge in [-0.2, -0.15) is 0 Å². The molecule has 136 valence electrons. The van der Waals surface area contributed by atoms with Gasteiger partial charge in [-0.05, 0) is 31.0 Å². The summed E-state index contributed by atoms with van der Waals surface area (Å²) in [7, 11) is 1.84. The summed E-state index contributed by atoms with van der Waals surface area (Å²) < 4.78 is 5.91. The summed E-state index contributed by atoms with van der Waals surface area (Å²) in [5.41, 5.74) is 0.886. The van der Waals surface area contributed by atoms with Crippen LogP contribution in [0.3, 0.4) is 0 Å². The Bertz CT molecular complexity index is 742. The molecule has 0 aliphatic carbocycles. The van der Waals surface area contributed by atoms with E-state index in [0.717, 1.165) is 25.1 Å². The number of nitrogens with zero attached hydrogens (tertiary/aromatic N) is 5. The molecule has 7 nitrogen and oxygen atoms in total. The Morgan fingerprint density at radius 1 is 1.23 bits per heavy atom. The maximum absolute atomic E-state index is 13.0. The zero-order valence-corrected chi connectivity index (χ0v) is 14.9. The van der Waals surface area contributed by atoms with Crippen LogP contribution >= 0.6 is 0 Å². The largest absolute Gasteiger partial charge is 0.376 e. The smallest absolute Gasteiger partial charge is 0.227 e. The quantitative estimate of drug-likeness (QED) is 0.830. The van der Waals surface area contributed by atoms with Gasteiger partial charge in [0.15, 0.2) is 0 Å². The highest BCUT2D eigenvalue weighted by Gasteiger charge is 2.43. The van der Waals surface area contributed by atoms with Crippen LogP contribution in [0, 0.1) is 5.92 Å². The van der Waals surface area contributed by atoms with E-state index in [-0.39, 0.29) is 24.0 Å². The van der Waals surface area contributed by atoms with Gasteiger partial charge < -0.3 is 14.5 Å². The van der Waals surface area contributed by atoms with Gasteiger partial charge >= 0.3 is 0 Å². The Hall–Kier alpha value is -2.54. The minimum Gasteiger partial charge on any atom is -0.376 e. The van der Waals surface area contributed by atoms with Gasteiger partial charge in [-0.1, -0.05) is 6.07 Å². The molecule has 2 saturated heterocycles. The Morgan fingerprint density at radius 3 is 2.81 bits per heavy atom. The number of aromatic nitrogens is 3. The molecule has 4 rings (SSSR count). The first kappa shape index (κ1) is 16.9. The molecule has 4 heterocycles. The lowest BCUT2D eigenvalue weighted by atomic mass is 9.89. The van der Waals surface area contributed by atoms with Crippen molar-refractivity contribution in [1.82, 2.24) is 19.9 Å². The van der Waals surface area contributed by atoms with Crippen LogP contribution in [0.15, 0.2) is 42.9 Å². The van der Waals surface area contributed by atoms with Crippen molar-refractivity contribution in [3.8, 4) is 0 Å². The molecule has 3 atom stereocenters. The fraction of sp³-hybridized carbons (Fsp3) is 0.474. The number of ether oxygens (including phenoxy) is 1. The molecule has 0 unspecified atom stereocenters. The van der Waals surface area contributed by atoms with Crippen LogP contribution in [0.5, 0.6) is 0 Å². The first-order chi connectivity index (χ1) is 12.7. The summed E-state index contributed by atoms with van der Waals surface area (Å²) in [4.78, 5) is 30.1. The number of hydrogen-bond acceptors (Lipinski definition) is 6. The molecule has 2 fully saturated rings. The maximum atomic E-state index is 13.0. The molecule has 2 aromatic heterocycles. The normalized spacial score (nSPS) is 25.0. The maximum Gasteiger partial charge on any atom is 0.227 e. The van der Waals surface area contributed by atoms with E-state index in [1.807, 2.05) is 25.2 Å². The Morgan fingerprint density at radius 2 is 2.04 bits per heavy atom. The monoisotopic (exact) mass is 353 g/mol. The predicted molar refractivity (Wildman–Crippen MR) is 96.3 cm³/mol. The summed E-state index contributed by atoms with van der Waals surface area (Å²) >= 11 is 0. The summed E-state index contributed by atoms with van der Waals surface area (Å²) in [5.74, 6) is 0.662.